The molecule has 0 atom stereocenters. The fourth-order valence-corrected chi connectivity index (χ4v) is 0.995. The molecule has 0 fully saturated rings. The lowest BCUT2D eigenvalue weighted by atomic mass is 10.2. The minimum absolute atomic E-state index is 0.317. The third kappa shape index (κ3) is 11.0. The first-order valence-corrected chi connectivity index (χ1v) is 5.96. The molecule has 0 saturated carbocycles. The van der Waals surface area contributed by atoms with E-state index in [1.54, 1.807) is 20.8 Å². The average Bonchev–Trinajstić information content (AvgIpc) is 2.17. The summed E-state index contributed by atoms with van der Waals surface area (Å²) in [6.07, 6.45) is 0.124. The summed E-state index contributed by atoms with van der Waals surface area (Å²) in [5.41, 5.74) is -0.596. The molecule has 0 radical (unpaired) electrons. The summed E-state index contributed by atoms with van der Waals surface area (Å²) in [6.45, 7) is 11.2. The second-order valence-electron chi connectivity index (χ2n) is 4.30. The summed E-state index contributed by atoms with van der Waals surface area (Å²) < 4.78 is 5.08. The van der Waals surface area contributed by atoms with Gasteiger partial charge in [-0.15, -0.1) is 0 Å². The number of rotatable bonds is 4. The summed E-state index contributed by atoms with van der Waals surface area (Å²) in [5, 5.41) is 8.61. The maximum Gasteiger partial charge on any atom is 0.410 e. The molecule has 5 nitrogen and oxygen atoms in total. The van der Waals surface area contributed by atoms with Gasteiger partial charge in [-0.3, -0.25) is 9.69 Å². The molecule has 0 aliphatic rings. The number of hydrogen-bond acceptors (Lipinski definition) is 3. The van der Waals surface area contributed by atoms with Crippen LogP contribution < -0.4 is 0 Å². The van der Waals surface area contributed by atoms with E-state index in [1.807, 2.05) is 20.8 Å². The van der Waals surface area contributed by atoms with Gasteiger partial charge in [-0.1, -0.05) is 20.8 Å². The molecule has 0 spiro atoms. The van der Waals surface area contributed by atoms with Crippen molar-refractivity contribution in [1.29, 1.82) is 0 Å². The molecule has 0 aliphatic carbocycles. The van der Waals surface area contributed by atoms with E-state index in [-0.39, 0.29) is 6.54 Å². The standard InChI is InChI=1S/C10H19NO4.C2H6/c1-5-6-11(7-8(12)13)9(14)15-10(2,3)4;1-2/h5-7H2,1-4H3,(H,12,13);1-2H3. The van der Waals surface area contributed by atoms with Gasteiger partial charge in [0.25, 0.3) is 0 Å². The third-order valence-corrected chi connectivity index (χ3v) is 1.47. The second kappa shape index (κ2) is 8.84. The Bertz CT molecular complexity index is 233. The smallest absolute Gasteiger partial charge is 0.410 e. The van der Waals surface area contributed by atoms with E-state index in [0.29, 0.717) is 13.0 Å². The van der Waals surface area contributed by atoms with Crippen LogP contribution in [0.5, 0.6) is 0 Å². The second-order valence-corrected chi connectivity index (χ2v) is 4.30. The summed E-state index contributed by atoms with van der Waals surface area (Å²) in [5.74, 6) is -1.03. The highest BCUT2D eigenvalue weighted by Crippen LogP contribution is 2.10. The van der Waals surface area contributed by atoms with Crippen LogP contribution in [0.3, 0.4) is 0 Å². The van der Waals surface area contributed by atoms with Crippen LogP contribution >= 0.6 is 0 Å². The van der Waals surface area contributed by atoms with E-state index in [9.17, 15) is 9.59 Å². The minimum Gasteiger partial charge on any atom is -0.480 e. The van der Waals surface area contributed by atoms with E-state index >= 15 is 0 Å². The Morgan fingerprint density at radius 3 is 2.00 bits per heavy atom. The first-order valence-electron chi connectivity index (χ1n) is 5.96. The van der Waals surface area contributed by atoms with Gasteiger partial charge in [-0.2, -0.15) is 0 Å². The highest BCUT2D eigenvalue weighted by Gasteiger charge is 2.22. The van der Waals surface area contributed by atoms with Crippen LogP contribution in [0.15, 0.2) is 0 Å². The molecule has 0 aromatic rings. The molecule has 0 rings (SSSR count). The number of aliphatic carboxylic acids is 1. The fourth-order valence-electron chi connectivity index (χ4n) is 0.995. The molecule has 17 heavy (non-hydrogen) atoms. The predicted molar refractivity (Wildman–Crippen MR) is 67.1 cm³/mol. The molecule has 1 N–H and O–H groups in total. The molecule has 0 bridgehead atoms. The van der Waals surface area contributed by atoms with E-state index in [1.165, 1.54) is 4.90 Å². The number of ether oxygens (including phenoxy) is 1. The van der Waals surface area contributed by atoms with Crippen LogP contribution in [0.25, 0.3) is 0 Å². The van der Waals surface area contributed by atoms with Gasteiger partial charge in [0.15, 0.2) is 0 Å². The monoisotopic (exact) mass is 247 g/mol. The Hall–Kier alpha value is -1.26. The highest BCUT2D eigenvalue weighted by molar-refractivity contribution is 5.76. The Kier molecular flexibility index (Phi) is 9.42. The van der Waals surface area contributed by atoms with Gasteiger partial charge in [0.2, 0.25) is 0 Å². The molecule has 0 aromatic heterocycles. The van der Waals surface area contributed by atoms with Gasteiger partial charge < -0.3 is 9.84 Å². The van der Waals surface area contributed by atoms with Crippen LogP contribution in [0, 0.1) is 0 Å². The summed E-state index contributed by atoms with van der Waals surface area (Å²) >= 11 is 0. The largest absolute Gasteiger partial charge is 0.480 e. The third-order valence-electron chi connectivity index (χ3n) is 1.47. The number of carboxylic acids is 1. The molecular formula is C12H25NO4. The number of nitrogens with zero attached hydrogens (tertiary/aromatic N) is 1. The molecule has 0 heterocycles. The number of carbonyl (C=O) groups excluding carboxylic acids is 1. The van der Waals surface area contributed by atoms with Crippen LogP contribution in [-0.4, -0.2) is 40.8 Å². The van der Waals surface area contributed by atoms with Crippen LogP contribution in [0.2, 0.25) is 0 Å². The fraction of sp³-hybridized carbons (Fsp3) is 0.833. The van der Waals surface area contributed by atoms with E-state index in [0.717, 1.165) is 0 Å². The number of amides is 1. The first-order chi connectivity index (χ1) is 7.76. The average molecular weight is 247 g/mol. The van der Waals surface area contributed by atoms with Crippen molar-refractivity contribution in [3.05, 3.63) is 0 Å². The van der Waals surface area contributed by atoms with Crippen molar-refractivity contribution in [3.63, 3.8) is 0 Å². The van der Waals surface area contributed by atoms with Crippen molar-refractivity contribution in [2.45, 2.75) is 53.6 Å². The van der Waals surface area contributed by atoms with Crippen LogP contribution in [-0.2, 0) is 9.53 Å². The zero-order chi connectivity index (χ0) is 14.1. The van der Waals surface area contributed by atoms with Gasteiger partial charge in [0, 0.05) is 6.54 Å². The predicted octanol–water partition coefficient (Wildman–Crippen LogP) is 2.74. The van der Waals surface area contributed by atoms with E-state index in [2.05, 4.69) is 0 Å². The molecule has 0 unspecified atom stereocenters. The molecule has 1 amide bonds. The van der Waals surface area contributed by atoms with Gasteiger partial charge in [-0.25, -0.2) is 4.79 Å². The minimum atomic E-state index is -1.03. The number of hydrogen-bond donors (Lipinski definition) is 1. The molecule has 0 saturated heterocycles. The van der Waals surface area contributed by atoms with Crippen molar-refractivity contribution >= 4 is 12.1 Å². The molecule has 102 valence electrons. The van der Waals surface area contributed by atoms with Crippen molar-refractivity contribution < 1.29 is 19.4 Å². The summed E-state index contributed by atoms with van der Waals surface area (Å²) in [6, 6.07) is 0. The zero-order valence-corrected chi connectivity index (χ0v) is 11.7. The highest BCUT2D eigenvalue weighted by atomic mass is 16.6. The molecule has 0 aliphatic heterocycles. The Morgan fingerprint density at radius 1 is 1.24 bits per heavy atom. The first kappa shape index (κ1) is 18.1. The van der Waals surface area contributed by atoms with Crippen molar-refractivity contribution in [2.75, 3.05) is 13.1 Å². The van der Waals surface area contributed by atoms with Gasteiger partial charge in [0.1, 0.15) is 12.1 Å². The number of carbonyl (C=O) groups is 2. The van der Waals surface area contributed by atoms with Crippen molar-refractivity contribution in [1.82, 2.24) is 4.90 Å². The SMILES string of the molecule is CC.CCCN(CC(=O)O)C(=O)OC(C)(C)C. The molecular weight excluding hydrogens is 222 g/mol. The number of carboxylic acid groups (broad SMARTS) is 1. The van der Waals surface area contributed by atoms with E-state index in [4.69, 9.17) is 9.84 Å². The van der Waals surface area contributed by atoms with Crippen molar-refractivity contribution in [2.24, 2.45) is 0 Å². The lowest BCUT2D eigenvalue weighted by Crippen LogP contribution is -2.40. The lowest BCUT2D eigenvalue weighted by molar-refractivity contribution is -0.138. The van der Waals surface area contributed by atoms with Crippen LogP contribution in [0.4, 0.5) is 4.79 Å². The Morgan fingerprint density at radius 2 is 1.71 bits per heavy atom. The Labute approximate surface area is 104 Å². The van der Waals surface area contributed by atoms with Crippen molar-refractivity contribution in [3.8, 4) is 0 Å². The summed E-state index contributed by atoms with van der Waals surface area (Å²) in [4.78, 5) is 23.2. The van der Waals surface area contributed by atoms with Crippen LogP contribution in [0.1, 0.15) is 48.0 Å². The maximum absolute atomic E-state index is 11.5. The summed E-state index contributed by atoms with van der Waals surface area (Å²) in [7, 11) is 0. The van der Waals surface area contributed by atoms with Gasteiger partial charge >= 0.3 is 12.1 Å². The molecule has 5 heteroatoms. The quantitative estimate of drug-likeness (QED) is 0.829. The van der Waals surface area contributed by atoms with Gasteiger partial charge in [-0.05, 0) is 27.2 Å². The van der Waals surface area contributed by atoms with E-state index < -0.39 is 17.7 Å². The molecule has 0 aromatic carbocycles. The maximum atomic E-state index is 11.5. The topological polar surface area (TPSA) is 66.8 Å². The normalized spacial score (nSPS) is 10.0. The Balaban J connectivity index is 0. The van der Waals surface area contributed by atoms with Gasteiger partial charge in [0.05, 0.1) is 0 Å². The lowest BCUT2D eigenvalue weighted by Gasteiger charge is -2.25. The zero-order valence-electron chi connectivity index (χ0n) is 11.7.